The molecule has 1 radical (unpaired) electrons. The van der Waals surface area contributed by atoms with Crippen molar-refractivity contribution in [1.82, 2.24) is 9.36 Å². The van der Waals surface area contributed by atoms with Crippen LogP contribution in [0.4, 0.5) is 0 Å². The molecule has 0 bridgehead atoms. The van der Waals surface area contributed by atoms with Crippen LogP contribution in [0.15, 0.2) is 12.3 Å². The maximum Gasteiger partial charge on any atom is 0.00133 e. The number of aromatic nitrogens is 2. The van der Waals surface area contributed by atoms with Gasteiger partial charge in [-0.3, -0.25) is 4.37 Å². The molecule has 2 rings (SSSR count). The zero-order chi connectivity index (χ0) is 8.97. The molecule has 2 heterocycles. The number of nitrogens with zero attached hydrogens (tertiary/aromatic N) is 2. The van der Waals surface area contributed by atoms with E-state index in [9.17, 15) is 0 Å². The van der Waals surface area contributed by atoms with Gasteiger partial charge in [-0.2, -0.15) is 0 Å². The summed E-state index contributed by atoms with van der Waals surface area (Å²) >= 11 is 1.46. The van der Waals surface area contributed by atoms with Crippen molar-refractivity contribution in [3.63, 3.8) is 0 Å². The summed E-state index contributed by atoms with van der Waals surface area (Å²) in [5.41, 5.74) is 1.01. The summed E-state index contributed by atoms with van der Waals surface area (Å²) in [4.78, 5) is 4.11. The zero-order valence-electron chi connectivity index (χ0n) is 7.84. The van der Waals surface area contributed by atoms with Crippen molar-refractivity contribution in [2.75, 3.05) is 0 Å². The van der Waals surface area contributed by atoms with Gasteiger partial charge in [-0.05, 0) is 0 Å². The molecule has 71 valence electrons. The largest absolute Gasteiger partial charge is 0.326 e. The summed E-state index contributed by atoms with van der Waals surface area (Å²) in [7, 11) is 0. The molecule has 0 saturated heterocycles. The van der Waals surface area contributed by atoms with Crippen molar-refractivity contribution in [1.29, 1.82) is 0 Å². The fourth-order valence-electron chi connectivity index (χ4n) is 0.873. The third-order valence-electron chi connectivity index (χ3n) is 1.40. The minimum Gasteiger partial charge on any atom is -0.326 e. The molecule has 2 nitrogen and oxygen atoms in total. The summed E-state index contributed by atoms with van der Waals surface area (Å²) in [6, 6.07) is 1.95. The molecule has 0 saturated carbocycles. The summed E-state index contributed by atoms with van der Waals surface area (Å²) in [5.74, 6) is 0. The molecular formula is C9H11N2ReS-. The van der Waals surface area contributed by atoms with Gasteiger partial charge in [0.05, 0.1) is 0 Å². The van der Waals surface area contributed by atoms with Gasteiger partial charge in [-0.25, -0.2) is 0 Å². The molecule has 0 aliphatic rings. The van der Waals surface area contributed by atoms with Crippen LogP contribution in [0.1, 0.15) is 19.5 Å². The SMILES string of the molecule is CC.Cc1nccc2sn[c-]c12.[Re]. The Labute approximate surface area is 96.2 Å². The van der Waals surface area contributed by atoms with E-state index in [2.05, 4.69) is 15.6 Å². The van der Waals surface area contributed by atoms with Gasteiger partial charge in [-0.1, -0.05) is 43.4 Å². The standard InChI is InChI=1S/C7H5N2S.C2H6.Re/c1-5-6-4-9-10-7(6)2-3-8-5;1-2;/h2-3H,1H3;1-2H3;/q-1;;. The topological polar surface area (TPSA) is 25.8 Å². The van der Waals surface area contributed by atoms with Crippen molar-refractivity contribution in [2.24, 2.45) is 0 Å². The van der Waals surface area contributed by atoms with Gasteiger partial charge < -0.3 is 4.98 Å². The van der Waals surface area contributed by atoms with Crippen molar-refractivity contribution in [3.05, 3.63) is 24.2 Å². The van der Waals surface area contributed by atoms with E-state index in [0.717, 1.165) is 15.8 Å². The monoisotopic (exact) mass is 366 g/mol. The molecule has 13 heavy (non-hydrogen) atoms. The number of aryl methyl sites for hydroxylation is 1. The molecule has 0 aliphatic heterocycles. The molecule has 0 aliphatic carbocycles. The number of rotatable bonds is 0. The summed E-state index contributed by atoms with van der Waals surface area (Å²) in [6.45, 7) is 5.97. The zero-order valence-corrected chi connectivity index (χ0v) is 11.4. The van der Waals surface area contributed by atoms with E-state index in [1.165, 1.54) is 11.5 Å². The Balaban J connectivity index is 0.000000451. The molecule has 0 aromatic carbocycles. The Hall–Kier alpha value is -0.298. The van der Waals surface area contributed by atoms with Crippen LogP contribution < -0.4 is 0 Å². The van der Waals surface area contributed by atoms with E-state index < -0.39 is 0 Å². The normalized spacial score (nSPS) is 8.54. The van der Waals surface area contributed by atoms with Crippen molar-refractivity contribution in [2.45, 2.75) is 20.8 Å². The first-order chi connectivity index (χ1) is 5.88. The predicted molar refractivity (Wildman–Crippen MR) is 52.3 cm³/mol. The average molecular weight is 365 g/mol. The smallest absolute Gasteiger partial charge is 0.00133 e. The Kier molecular flexibility index (Phi) is 6.06. The number of fused-ring (bicyclic) bond motifs is 1. The van der Waals surface area contributed by atoms with Crippen molar-refractivity contribution >= 4 is 21.6 Å². The minimum atomic E-state index is 0. The van der Waals surface area contributed by atoms with Gasteiger partial charge >= 0.3 is 0 Å². The first-order valence-electron chi connectivity index (χ1n) is 3.96. The van der Waals surface area contributed by atoms with Crippen LogP contribution in [-0.2, 0) is 20.4 Å². The van der Waals surface area contributed by atoms with E-state index in [0.29, 0.717) is 0 Å². The van der Waals surface area contributed by atoms with Crippen LogP contribution in [0.5, 0.6) is 0 Å². The molecule has 2 aromatic rings. The van der Waals surface area contributed by atoms with E-state index in [1.807, 2.05) is 26.8 Å². The van der Waals surface area contributed by atoms with E-state index in [-0.39, 0.29) is 20.4 Å². The van der Waals surface area contributed by atoms with E-state index in [4.69, 9.17) is 0 Å². The van der Waals surface area contributed by atoms with Crippen molar-refractivity contribution in [3.8, 4) is 0 Å². The summed E-state index contributed by atoms with van der Waals surface area (Å²) in [5, 5.41) is 1.05. The molecule has 0 atom stereocenters. The number of pyridine rings is 1. The van der Waals surface area contributed by atoms with Gasteiger partial charge in [0, 0.05) is 26.6 Å². The second-order valence-corrected chi connectivity index (χ2v) is 2.87. The van der Waals surface area contributed by atoms with Crippen LogP contribution in [0.2, 0.25) is 0 Å². The summed E-state index contributed by atoms with van der Waals surface area (Å²) in [6.07, 6.45) is 4.69. The van der Waals surface area contributed by atoms with E-state index >= 15 is 0 Å². The molecular weight excluding hydrogens is 354 g/mol. The van der Waals surface area contributed by atoms with Crippen LogP contribution in [0.3, 0.4) is 0 Å². The van der Waals surface area contributed by atoms with Gasteiger partial charge in [0.15, 0.2) is 0 Å². The van der Waals surface area contributed by atoms with Gasteiger partial charge in [0.1, 0.15) is 0 Å². The Morgan fingerprint density at radius 1 is 1.38 bits per heavy atom. The maximum absolute atomic E-state index is 4.11. The van der Waals surface area contributed by atoms with Gasteiger partial charge in [-0.15, -0.1) is 16.9 Å². The third kappa shape index (κ3) is 2.84. The molecule has 0 N–H and O–H groups in total. The molecule has 2 aromatic heterocycles. The predicted octanol–water partition coefficient (Wildman–Crippen LogP) is 2.82. The maximum atomic E-state index is 4.11. The number of hydrogen-bond acceptors (Lipinski definition) is 3. The quantitative estimate of drug-likeness (QED) is 0.671. The fourth-order valence-corrected chi connectivity index (χ4v) is 1.51. The Morgan fingerprint density at radius 3 is 2.69 bits per heavy atom. The van der Waals surface area contributed by atoms with E-state index in [1.54, 1.807) is 6.20 Å². The van der Waals surface area contributed by atoms with Crippen LogP contribution in [0, 0.1) is 13.1 Å². The van der Waals surface area contributed by atoms with Crippen LogP contribution in [-0.4, -0.2) is 9.36 Å². The molecule has 0 amide bonds. The molecule has 0 fully saturated rings. The van der Waals surface area contributed by atoms with Crippen molar-refractivity contribution < 1.29 is 20.4 Å². The van der Waals surface area contributed by atoms with Crippen LogP contribution >= 0.6 is 11.5 Å². The Morgan fingerprint density at radius 2 is 2.08 bits per heavy atom. The fraction of sp³-hybridized carbons (Fsp3) is 0.333. The van der Waals surface area contributed by atoms with Crippen LogP contribution in [0.25, 0.3) is 10.1 Å². The molecule has 4 heteroatoms. The molecule has 0 unspecified atom stereocenters. The second kappa shape index (κ2) is 6.20. The average Bonchev–Trinajstić information content (AvgIpc) is 2.57. The first kappa shape index (κ1) is 12.7. The minimum absolute atomic E-state index is 0. The summed E-state index contributed by atoms with van der Waals surface area (Å²) < 4.78 is 5.10. The molecule has 0 spiro atoms. The number of hydrogen-bond donors (Lipinski definition) is 0. The first-order valence-corrected chi connectivity index (χ1v) is 4.74. The van der Waals surface area contributed by atoms with Gasteiger partial charge in [0.25, 0.3) is 0 Å². The second-order valence-electron chi connectivity index (χ2n) is 2.06. The Bertz CT molecular complexity index is 359. The third-order valence-corrected chi connectivity index (χ3v) is 2.12. The van der Waals surface area contributed by atoms with Gasteiger partial charge in [0.2, 0.25) is 0 Å².